The number of quaternary nitrogens is 1. The lowest BCUT2D eigenvalue weighted by Crippen LogP contribution is -3.13. The zero-order valence-electron chi connectivity index (χ0n) is 15.0. The van der Waals surface area contributed by atoms with E-state index in [2.05, 4.69) is 46.8 Å². The molecule has 0 aromatic heterocycles. The van der Waals surface area contributed by atoms with E-state index < -0.39 is 6.10 Å². The van der Waals surface area contributed by atoms with Gasteiger partial charge in [-0.2, -0.15) is 0 Å². The summed E-state index contributed by atoms with van der Waals surface area (Å²) < 4.78 is 5.78. The summed E-state index contributed by atoms with van der Waals surface area (Å²) in [4.78, 5) is 1.47. The van der Waals surface area contributed by atoms with E-state index in [-0.39, 0.29) is 0 Å². The molecule has 0 aliphatic heterocycles. The standard InChI is InChI=1S/C19H33NO2/c1-6-10-20(11-7-2)13-17(21)14-22-18-8-9-19(15(3)4)16(5)12-18/h8-9,12,15,17,21H,6-7,10-11,13-14H2,1-5H3/p+1/t17-/m1/s1. The molecule has 0 amide bonds. The van der Waals surface area contributed by atoms with E-state index in [1.165, 1.54) is 16.0 Å². The van der Waals surface area contributed by atoms with Crippen LogP contribution in [0, 0.1) is 6.92 Å². The predicted octanol–water partition coefficient (Wildman–Crippen LogP) is 2.56. The molecule has 0 bridgehead atoms. The van der Waals surface area contributed by atoms with Crippen LogP contribution in [0.25, 0.3) is 0 Å². The van der Waals surface area contributed by atoms with E-state index in [0.717, 1.165) is 38.2 Å². The molecule has 1 atom stereocenters. The van der Waals surface area contributed by atoms with Gasteiger partial charge in [-0.25, -0.2) is 0 Å². The molecule has 0 radical (unpaired) electrons. The predicted molar refractivity (Wildman–Crippen MR) is 92.9 cm³/mol. The van der Waals surface area contributed by atoms with Crippen LogP contribution in [-0.4, -0.2) is 37.5 Å². The average Bonchev–Trinajstić information content (AvgIpc) is 2.45. The number of aliphatic hydroxyl groups excluding tert-OH is 1. The molecule has 126 valence electrons. The molecule has 3 heteroatoms. The molecule has 0 unspecified atom stereocenters. The van der Waals surface area contributed by atoms with Crippen molar-refractivity contribution in [2.75, 3.05) is 26.2 Å². The second-order valence-electron chi connectivity index (χ2n) is 6.59. The van der Waals surface area contributed by atoms with Gasteiger partial charge in [0.25, 0.3) is 0 Å². The first-order chi connectivity index (χ1) is 10.5. The van der Waals surface area contributed by atoms with Gasteiger partial charge in [0.2, 0.25) is 0 Å². The second kappa shape index (κ2) is 9.86. The first-order valence-electron chi connectivity index (χ1n) is 8.72. The highest BCUT2D eigenvalue weighted by Gasteiger charge is 2.14. The number of aryl methyl sites for hydroxylation is 1. The topological polar surface area (TPSA) is 33.9 Å². The van der Waals surface area contributed by atoms with E-state index in [0.29, 0.717) is 12.5 Å². The monoisotopic (exact) mass is 308 g/mol. The van der Waals surface area contributed by atoms with Crippen molar-refractivity contribution in [3.8, 4) is 5.75 Å². The number of aliphatic hydroxyl groups is 1. The SMILES string of the molecule is CCC[NH+](CCC)C[C@@H](O)COc1ccc(C(C)C)c(C)c1. The highest BCUT2D eigenvalue weighted by Crippen LogP contribution is 2.23. The number of benzene rings is 1. The van der Waals surface area contributed by atoms with E-state index in [1.54, 1.807) is 0 Å². The van der Waals surface area contributed by atoms with Gasteiger partial charge in [0, 0.05) is 0 Å². The van der Waals surface area contributed by atoms with Crippen molar-refractivity contribution in [1.29, 1.82) is 0 Å². The summed E-state index contributed by atoms with van der Waals surface area (Å²) >= 11 is 0. The summed E-state index contributed by atoms with van der Waals surface area (Å²) in [7, 11) is 0. The minimum absolute atomic E-state index is 0.372. The van der Waals surface area contributed by atoms with E-state index in [1.807, 2.05) is 6.07 Å². The number of rotatable bonds is 10. The number of hydrogen-bond donors (Lipinski definition) is 2. The maximum absolute atomic E-state index is 10.2. The molecule has 22 heavy (non-hydrogen) atoms. The molecule has 0 saturated heterocycles. The van der Waals surface area contributed by atoms with Gasteiger partial charge in [-0.3, -0.25) is 0 Å². The third-order valence-electron chi connectivity index (χ3n) is 4.04. The van der Waals surface area contributed by atoms with Gasteiger partial charge in [-0.05, 0) is 48.9 Å². The Morgan fingerprint density at radius 2 is 1.77 bits per heavy atom. The third kappa shape index (κ3) is 6.37. The van der Waals surface area contributed by atoms with Gasteiger partial charge in [-0.15, -0.1) is 0 Å². The van der Waals surface area contributed by atoms with Crippen LogP contribution in [0.1, 0.15) is 57.6 Å². The Labute approximate surface area is 136 Å². The maximum atomic E-state index is 10.2. The highest BCUT2D eigenvalue weighted by molar-refractivity contribution is 5.36. The fourth-order valence-corrected chi connectivity index (χ4v) is 3.01. The Kier molecular flexibility index (Phi) is 8.51. The van der Waals surface area contributed by atoms with Crippen molar-refractivity contribution in [2.45, 2.75) is 59.5 Å². The van der Waals surface area contributed by atoms with Crippen molar-refractivity contribution in [3.05, 3.63) is 29.3 Å². The zero-order chi connectivity index (χ0) is 16.5. The van der Waals surface area contributed by atoms with Crippen LogP contribution >= 0.6 is 0 Å². The van der Waals surface area contributed by atoms with Crippen molar-refractivity contribution < 1.29 is 14.7 Å². The smallest absolute Gasteiger partial charge is 0.137 e. The maximum Gasteiger partial charge on any atom is 0.137 e. The highest BCUT2D eigenvalue weighted by atomic mass is 16.5. The summed E-state index contributed by atoms with van der Waals surface area (Å²) in [6, 6.07) is 6.22. The van der Waals surface area contributed by atoms with Crippen LogP contribution in [0.4, 0.5) is 0 Å². The van der Waals surface area contributed by atoms with Crippen LogP contribution < -0.4 is 9.64 Å². The largest absolute Gasteiger partial charge is 0.491 e. The molecule has 1 aromatic rings. The number of ether oxygens (including phenoxy) is 1. The van der Waals surface area contributed by atoms with Crippen molar-refractivity contribution in [2.24, 2.45) is 0 Å². The summed E-state index contributed by atoms with van der Waals surface area (Å²) in [5.74, 6) is 1.38. The second-order valence-corrected chi connectivity index (χ2v) is 6.59. The Hall–Kier alpha value is -1.06. The van der Waals surface area contributed by atoms with Gasteiger partial charge >= 0.3 is 0 Å². The molecule has 0 fully saturated rings. The molecular weight excluding hydrogens is 274 g/mol. The molecule has 0 saturated carbocycles. The molecule has 0 spiro atoms. The van der Waals surface area contributed by atoms with Crippen molar-refractivity contribution in [1.82, 2.24) is 0 Å². The normalized spacial score (nSPS) is 12.9. The Balaban J connectivity index is 2.49. The number of nitrogens with one attached hydrogen (secondary N) is 1. The first-order valence-corrected chi connectivity index (χ1v) is 8.72. The molecule has 0 aliphatic rings. The van der Waals surface area contributed by atoms with Crippen molar-refractivity contribution >= 4 is 0 Å². The summed E-state index contributed by atoms with van der Waals surface area (Å²) in [6.07, 6.45) is 1.90. The lowest BCUT2D eigenvalue weighted by molar-refractivity contribution is -0.903. The zero-order valence-corrected chi connectivity index (χ0v) is 15.0. The van der Waals surface area contributed by atoms with Crippen LogP contribution in [0.15, 0.2) is 18.2 Å². The molecule has 1 rings (SSSR count). The lowest BCUT2D eigenvalue weighted by atomic mass is 9.98. The molecule has 0 heterocycles. The van der Waals surface area contributed by atoms with Crippen LogP contribution in [0.3, 0.4) is 0 Å². The van der Waals surface area contributed by atoms with Gasteiger partial charge < -0.3 is 14.7 Å². The number of hydrogen-bond acceptors (Lipinski definition) is 2. The van der Waals surface area contributed by atoms with Gasteiger partial charge in [-0.1, -0.05) is 33.8 Å². The van der Waals surface area contributed by atoms with Gasteiger partial charge in [0.05, 0.1) is 13.1 Å². The van der Waals surface area contributed by atoms with Gasteiger partial charge in [0.15, 0.2) is 0 Å². The van der Waals surface area contributed by atoms with Crippen molar-refractivity contribution in [3.63, 3.8) is 0 Å². The van der Waals surface area contributed by atoms with E-state index in [4.69, 9.17) is 4.74 Å². The molecule has 3 nitrogen and oxygen atoms in total. The van der Waals surface area contributed by atoms with E-state index >= 15 is 0 Å². The Morgan fingerprint density at radius 3 is 2.27 bits per heavy atom. The van der Waals surface area contributed by atoms with Gasteiger partial charge in [0.1, 0.15) is 25.0 Å². The minimum Gasteiger partial charge on any atom is -0.491 e. The summed E-state index contributed by atoms with van der Waals surface area (Å²) in [6.45, 7) is 14.3. The van der Waals surface area contributed by atoms with Crippen LogP contribution in [0.5, 0.6) is 5.75 Å². The molecule has 0 aliphatic carbocycles. The first kappa shape index (κ1) is 19.0. The molecular formula is C19H34NO2+. The summed E-state index contributed by atoms with van der Waals surface area (Å²) in [5, 5.41) is 10.2. The fourth-order valence-electron chi connectivity index (χ4n) is 3.01. The Bertz CT molecular complexity index is 425. The lowest BCUT2D eigenvalue weighted by Gasteiger charge is -2.21. The molecule has 2 N–H and O–H groups in total. The minimum atomic E-state index is -0.404. The van der Waals surface area contributed by atoms with Crippen LogP contribution in [-0.2, 0) is 0 Å². The summed E-state index contributed by atoms with van der Waals surface area (Å²) in [5.41, 5.74) is 2.61. The average molecular weight is 308 g/mol. The fraction of sp³-hybridized carbons (Fsp3) is 0.684. The Morgan fingerprint density at radius 1 is 1.14 bits per heavy atom. The quantitative estimate of drug-likeness (QED) is 0.696. The third-order valence-corrected chi connectivity index (χ3v) is 4.04. The van der Waals surface area contributed by atoms with Crippen LogP contribution in [0.2, 0.25) is 0 Å². The van der Waals surface area contributed by atoms with E-state index in [9.17, 15) is 5.11 Å². The molecule has 1 aromatic carbocycles.